The van der Waals surface area contributed by atoms with Crippen LogP contribution < -0.4 is 11.5 Å². The number of aromatic nitrogens is 4. The molecule has 0 amide bonds. The molecule has 1 aromatic carbocycles. The highest BCUT2D eigenvalue weighted by Crippen LogP contribution is 2.36. The number of nitrogens with zero attached hydrogens (tertiary/aromatic N) is 4. The van der Waals surface area contributed by atoms with E-state index in [1.165, 1.54) is 25.2 Å². The first-order valence-electron chi connectivity index (χ1n) is 8.16. The van der Waals surface area contributed by atoms with Crippen molar-refractivity contribution in [3.05, 3.63) is 35.9 Å². The molecule has 0 radical (unpaired) electrons. The standard InChI is InChI=1S/C17H19FN6/c18-13-7-10(5-6-11(13)8-19)15-14-16(20)21-9-22-17(14)24(23-15)12-3-1-2-4-12/h5-7,9,12H,1-4,8,19H2,(H2,20,21,22). The van der Waals surface area contributed by atoms with Gasteiger partial charge in [0.05, 0.1) is 11.4 Å². The van der Waals surface area contributed by atoms with E-state index in [2.05, 4.69) is 9.97 Å². The Bertz CT molecular complexity index is 897. The molecule has 7 heteroatoms. The molecule has 1 fully saturated rings. The van der Waals surface area contributed by atoms with E-state index < -0.39 is 0 Å². The Labute approximate surface area is 138 Å². The average Bonchev–Trinajstić information content (AvgIpc) is 3.22. The number of rotatable bonds is 3. The maximum absolute atomic E-state index is 14.2. The summed E-state index contributed by atoms with van der Waals surface area (Å²) in [6.07, 6.45) is 5.96. The molecule has 1 aliphatic carbocycles. The number of anilines is 1. The number of nitrogens with two attached hydrogens (primary N) is 2. The van der Waals surface area contributed by atoms with E-state index in [-0.39, 0.29) is 12.4 Å². The first-order valence-corrected chi connectivity index (χ1v) is 8.16. The van der Waals surface area contributed by atoms with Crippen LogP contribution in [0, 0.1) is 5.82 Å². The molecule has 1 aliphatic rings. The summed E-state index contributed by atoms with van der Waals surface area (Å²) in [4.78, 5) is 8.47. The zero-order valence-electron chi connectivity index (χ0n) is 13.2. The van der Waals surface area contributed by atoms with E-state index >= 15 is 0 Å². The van der Waals surface area contributed by atoms with Gasteiger partial charge < -0.3 is 11.5 Å². The molecule has 2 heterocycles. The summed E-state index contributed by atoms with van der Waals surface area (Å²) >= 11 is 0. The molecule has 4 N–H and O–H groups in total. The van der Waals surface area contributed by atoms with Crippen LogP contribution in [0.15, 0.2) is 24.5 Å². The van der Waals surface area contributed by atoms with Crippen molar-refractivity contribution < 1.29 is 4.39 Å². The van der Waals surface area contributed by atoms with Crippen molar-refractivity contribution in [2.75, 3.05) is 5.73 Å². The first kappa shape index (κ1) is 15.0. The van der Waals surface area contributed by atoms with Crippen LogP contribution in [-0.4, -0.2) is 19.7 Å². The fraction of sp³-hybridized carbons (Fsp3) is 0.353. The molecule has 0 bridgehead atoms. The predicted molar refractivity (Wildman–Crippen MR) is 90.5 cm³/mol. The highest BCUT2D eigenvalue weighted by Gasteiger charge is 2.24. The Balaban J connectivity index is 1.93. The van der Waals surface area contributed by atoms with Crippen molar-refractivity contribution in [1.29, 1.82) is 0 Å². The minimum Gasteiger partial charge on any atom is -0.383 e. The lowest BCUT2D eigenvalue weighted by molar-refractivity contribution is 0.479. The van der Waals surface area contributed by atoms with Gasteiger partial charge in [-0.05, 0) is 18.9 Å². The summed E-state index contributed by atoms with van der Waals surface area (Å²) in [5.74, 6) is 0.0246. The van der Waals surface area contributed by atoms with Gasteiger partial charge in [-0.15, -0.1) is 0 Å². The van der Waals surface area contributed by atoms with Crippen LogP contribution in [0.4, 0.5) is 10.2 Å². The van der Waals surface area contributed by atoms with Crippen molar-refractivity contribution in [3.8, 4) is 11.3 Å². The molecular weight excluding hydrogens is 307 g/mol. The fourth-order valence-corrected chi connectivity index (χ4v) is 3.46. The molecule has 0 spiro atoms. The summed E-state index contributed by atoms with van der Waals surface area (Å²) in [6, 6.07) is 5.27. The molecule has 0 saturated heterocycles. The van der Waals surface area contributed by atoms with E-state index in [0.717, 1.165) is 12.8 Å². The SMILES string of the molecule is NCc1ccc(-c2nn(C3CCCC3)c3ncnc(N)c23)cc1F. The second kappa shape index (κ2) is 5.83. The average molecular weight is 326 g/mol. The highest BCUT2D eigenvalue weighted by molar-refractivity contribution is 5.98. The topological polar surface area (TPSA) is 95.6 Å². The van der Waals surface area contributed by atoms with Crippen LogP contribution in [0.25, 0.3) is 22.3 Å². The Morgan fingerprint density at radius 3 is 2.71 bits per heavy atom. The van der Waals surface area contributed by atoms with E-state index in [1.807, 2.05) is 10.7 Å². The van der Waals surface area contributed by atoms with Gasteiger partial charge in [0, 0.05) is 17.7 Å². The minimum atomic E-state index is -0.339. The quantitative estimate of drug-likeness (QED) is 0.771. The Morgan fingerprint density at radius 2 is 2.00 bits per heavy atom. The predicted octanol–water partition coefficient (Wildman–Crippen LogP) is 2.79. The number of benzene rings is 1. The van der Waals surface area contributed by atoms with Gasteiger partial charge >= 0.3 is 0 Å². The van der Waals surface area contributed by atoms with E-state index in [9.17, 15) is 4.39 Å². The second-order valence-corrected chi connectivity index (χ2v) is 6.20. The molecule has 0 aliphatic heterocycles. The minimum absolute atomic E-state index is 0.161. The van der Waals surface area contributed by atoms with E-state index in [4.69, 9.17) is 16.6 Å². The number of nitrogen functional groups attached to an aromatic ring is 1. The highest BCUT2D eigenvalue weighted by atomic mass is 19.1. The lowest BCUT2D eigenvalue weighted by Gasteiger charge is -2.10. The van der Waals surface area contributed by atoms with Crippen LogP contribution in [0.2, 0.25) is 0 Å². The normalized spacial score (nSPS) is 15.4. The lowest BCUT2D eigenvalue weighted by atomic mass is 10.1. The molecule has 3 aromatic rings. The third-order valence-corrected chi connectivity index (χ3v) is 4.74. The van der Waals surface area contributed by atoms with Gasteiger partial charge in [0.1, 0.15) is 23.7 Å². The van der Waals surface area contributed by atoms with Gasteiger partial charge in [0.25, 0.3) is 0 Å². The summed E-state index contributed by atoms with van der Waals surface area (Å²) in [5.41, 5.74) is 14.1. The molecule has 4 rings (SSSR count). The number of fused-ring (bicyclic) bond motifs is 1. The summed E-state index contributed by atoms with van der Waals surface area (Å²) in [7, 11) is 0. The molecule has 0 atom stereocenters. The van der Waals surface area contributed by atoms with E-state index in [1.54, 1.807) is 6.07 Å². The molecular formula is C17H19FN6. The zero-order valence-corrected chi connectivity index (χ0v) is 13.2. The van der Waals surface area contributed by atoms with Gasteiger partial charge in [-0.1, -0.05) is 25.0 Å². The van der Waals surface area contributed by atoms with Crippen LogP contribution >= 0.6 is 0 Å². The summed E-state index contributed by atoms with van der Waals surface area (Å²) < 4.78 is 16.1. The summed E-state index contributed by atoms with van der Waals surface area (Å²) in [5, 5.41) is 5.42. The van der Waals surface area contributed by atoms with Gasteiger partial charge in [-0.25, -0.2) is 19.0 Å². The third-order valence-electron chi connectivity index (χ3n) is 4.74. The van der Waals surface area contributed by atoms with E-state index in [0.29, 0.717) is 39.7 Å². The first-order chi connectivity index (χ1) is 11.7. The fourth-order valence-electron chi connectivity index (χ4n) is 3.46. The van der Waals surface area contributed by atoms with Gasteiger partial charge in [-0.2, -0.15) is 5.10 Å². The lowest BCUT2D eigenvalue weighted by Crippen LogP contribution is -2.07. The van der Waals surface area contributed by atoms with Gasteiger partial charge in [0.2, 0.25) is 0 Å². The maximum atomic E-state index is 14.2. The molecule has 0 unspecified atom stereocenters. The molecule has 24 heavy (non-hydrogen) atoms. The second-order valence-electron chi connectivity index (χ2n) is 6.20. The number of hydrogen-bond donors (Lipinski definition) is 2. The van der Waals surface area contributed by atoms with Crippen LogP contribution in [0.3, 0.4) is 0 Å². The zero-order chi connectivity index (χ0) is 16.7. The van der Waals surface area contributed by atoms with Crippen molar-refractivity contribution in [2.45, 2.75) is 38.3 Å². The van der Waals surface area contributed by atoms with Crippen LogP contribution in [-0.2, 0) is 6.54 Å². The van der Waals surface area contributed by atoms with Crippen LogP contribution in [0.5, 0.6) is 0 Å². The molecule has 2 aromatic heterocycles. The smallest absolute Gasteiger partial charge is 0.164 e. The number of hydrogen-bond acceptors (Lipinski definition) is 5. The molecule has 1 saturated carbocycles. The van der Waals surface area contributed by atoms with Gasteiger partial charge in [0.15, 0.2) is 5.65 Å². The Kier molecular flexibility index (Phi) is 3.65. The van der Waals surface area contributed by atoms with Crippen molar-refractivity contribution >= 4 is 16.9 Å². The Hall–Kier alpha value is -2.54. The number of halogens is 1. The third kappa shape index (κ3) is 2.32. The van der Waals surface area contributed by atoms with Crippen LogP contribution in [0.1, 0.15) is 37.3 Å². The molecule has 6 nitrogen and oxygen atoms in total. The molecule has 124 valence electrons. The van der Waals surface area contributed by atoms with Gasteiger partial charge in [-0.3, -0.25) is 0 Å². The summed E-state index contributed by atoms with van der Waals surface area (Å²) in [6.45, 7) is 0.161. The monoisotopic (exact) mass is 326 g/mol. The van der Waals surface area contributed by atoms with Crippen molar-refractivity contribution in [3.63, 3.8) is 0 Å². The largest absolute Gasteiger partial charge is 0.383 e. The van der Waals surface area contributed by atoms with Crippen molar-refractivity contribution in [1.82, 2.24) is 19.7 Å². The maximum Gasteiger partial charge on any atom is 0.164 e. The van der Waals surface area contributed by atoms with Crippen molar-refractivity contribution in [2.24, 2.45) is 5.73 Å². The Morgan fingerprint density at radius 1 is 1.21 bits per heavy atom.